The molecule has 0 aliphatic carbocycles. The zero-order valence-electron chi connectivity index (χ0n) is 17.3. The lowest BCUT2D eigenvalue weighted by Crippen LogP contribution is -2.16. The summed E-state index contributed by atoms with van der Waals surface area (Å²) in [5, 5.41) is 3.01. The molecule has 0 fully saturated rings. The minimum atomic E-state index is -0.0535. The van der Waals surface area contributed by atoms with E-state index in [1.54, 1.807) is 0 Å². The molecule has 1 N–H and O–H groups in total. The summed E-state index contributed by atoms with van der Waals surface area (Å²) in [5.41, 5.74) is 9.20. The highest BCUT2D eigenvalue weighted by molar-refractivity contribution is 5.93. The Labute approximate surface area is 171 Å². The van der Waals surface area contributed by atoms with Crippen molar-refractivity contribution in [2.75, 3.05) is 5.32 Å². The average molecular weight is 383 g/mol. The number of nitrogens with one attached hydrogen (secondary N) is 1. The van der Waals surface area contributed by atoms with Gasteiger partial charge < -0.3 is 9.72 Å². The molecule has 0 bridgehead atoms. The van der Waals surface area contributed by atoms with Crippen molar-refractivity contribution in [2.45, 2.75) is 34.1 Å². The molecule has 4 aromatic rings. The van der Waals surface area contributed by atoms with E-state index < -0.39 is 0 Å². The van der Waals surface area contributed by atoms with Crippen molar-refractivity contribution in [3.63, 3.8) is 0 Å². The number of rotatable bonds is 4. The number of aromatic nitrogens is 2. The fraction of sp³-hybridized carbons (Fsp3) is 0.200. The normalized spacial score (nSPS) is 11.0. The Kier molecular flexibility index (Phi) is 4.93. The van der Waals surface area contributed by atoms with Crippen LogP contribution in [-0.4, -0.2) is 15.3 Å². The first kappa shape index (κ1) is 18.9. The Morgan fingerprint density at radius 1 is 0.931 bits per heavy atom. The number of aryl methyl sites for hydroxylation is 4. The van der Waals surface area contributed by atoms with Crippen LogP contribution in [-0.2, 0) is 11.2 Å². The summed E-state index contributed by atoms with van der Waals surface area (Å²) in [5.74, 6) is -0.0535. The van der Waals surface area contributed by atoms with Gasteiger partial charge in [0, 0.05) is 17.4 Å². The standard InChI is InChI=1S/C25H25N3O/c1-16-7-11-21(12-8-16)26-23(29)15-22-24(20-10-9-17(2)19(4)14-20)27-25-18(3)6-5-13-28(22)25/h5-14H,15H2,1-4H3,(H,26,29). The summed E-state index contributed by atoms with van der Waals surface area (Å²) >= 11 is 0. The summed E-state index contributed by atoms with van der Waals surface area (Å²) in [6, 6.07) is 18.2. The molecule has 0 saturated carbocycles. The highest BCUT2D eigenvalue weighted by atomic mass is 16.1. The molecule has 0 atom stereocenters. The van der Waals surface area contributed by atoms with Gasteiger partial charge in [-0.1, -0.05) is 35.9 Å². The molecule has 29 heavy (non-hydrogen) atoms. The predicted molar refractivity (Wildman–Crippen MR) is 118 cm³/mol. The largest absolute Gasteiger partial charge is 0.326 e. The smallest absolute Gasteiger partial charge is 0.230 e. The summed E-state index contributed by atoms with van der Waals surface area (Å²) in [6.45, 7) is 8.28. The molecule has 2 aromatic heterocycles. The first-order valence-electron chi connectivity index (χ1n) is 9.83. The minimum Gasteiger partial charge on any atom is -0.326 e. The fourth-order valence-corrected chi connectivity index (χ4v) is 3.54. The van der Waals surface area contributed by atoms with E-state index in [1.165, 1.54) is 11.1 Å². The number of imidazole rings is 1. The van der Waals surface area contributed by atoms with Gasteiger partial charge in [0.25, 0.3) is 0 Å². The summed E-state index contributed by atoms with van der Waals surface area (Å²) < 4.78 is 2.04. The maximum Gasteiger partial charge on any atom is 0.230 e. The van der Waals surface area contributed by atoms with Crippen LogP contribution >= 0.6 is 0 Å². The molecule has 0 unspecified atom stereocenters. The van der Waals surface area contributed by atoms with Gasteiger partial charge in [-0.2, -0.15) is 0 Å². The third kappa shape index (κ3) is 3.79. The molecule has 4 rings (SSSR count). The zero-order valence-corrected chi connectivity index (χ0v) is 17.3. The molecular weight excluding hydrogens is 358 g/mol. The highest BCUT2D eigenvalue weighted by Gasteiger charge is 2.18. The summed E-state index contributed by atoms with van der Waals surface area (Å²) in [4.78, 5) is 17.8. The lowest BCUT2D eigenvalue weighted by molar-refractivity contribution is -0.115. The van der Waals surface area contributed by atoms with E-state index in [0.29, 0.717) is 0 Å². The lowest BCUT2D eigenvalue weighted by atomic mass is 10.0. The van der Waals surface area contributed by atoms with Gasteiger partial charge >= 0.3 is 0 Å². The van der Waals surface area contributed by atoms with Gasteiger partial charge in [-0.25, -0.2) is 4.98 Å². The molecule has 146 valence electrons. The van der Waals surface area contributed by atoms with Crippen molar-refractivity contribution < 1.29 is 4.79 Å². The van der Waals surface area contributed by atoms with Crippen molar-refractivity contribution in [3.05, 3.63) is 88.7 Å². The van der Waals surface area contributed by atoms with Gasteiger partial charge in [-0.05, 0) is 68.7 Å². The van der Waals surface area contributed by atoms with Crippen molar-refractivity contribution in [1.82, 2.24) is 9.38 Å². The van der Waals surface area contributed by atoms with Gasteiger partial charge in [0.1, 0.15) is 5.65 Å². The number of fused-ring (bicyclic) bond motifs is 1. The number of hydrogen-bond donors (Lipinski definition) is 1. The number of carbonyl (C=O) groups excluding carboxylic acids is 1. The Hall–Kier alpha value is -3.40. The van der Waals surface area contributed by atoms with Crippen LogP contribution in [0.25, 0.3) is 16.9 Å². The highest BCUT2D eigenvalue weighted by Crippen LogP contribution is 2.28. The van der Waals surface area contributed by atoms with E-state index in [-0.39, 0.29) is 12.3 Å². The van der Waals surface area contributed by atoms with Crippen LogP contribution in [0.5, 0.6) is 0 Å². The van der Waals surface area contributed by atoms with Crippen molar-refractivity contribution in [3.8, 4) is 11.3 Å². The van der Waals surface area contributed by atoms with Crippen molar-refractivity contribution in [2.24, 2.45) is 0 Å². The second kappa shape index (κ2) is 7.55. The first-order chi connectivity index (χ1) is 13.9. The average Bonchev–Trinajstić information content (AvgIpc) is 3.06. The van der Waals surface area contributed by atoms with Crippen LogP contribution in [0.15, 0.2) is 60.8 Å². The number of benzene rings is 2. The van der Waals surface area contributed by atoms with Gasteiger partial charge in [0.15, 0.2) is 0 Å². The van der Waals surface area contributed by atoms with Crippen LogP contribution in [0, 0.1) is 27.7 Å². The minimum absolute atomic E-state index is 0.0535. The topological polar surface area (TPSA) is 46.4 Å². The molecule has 4 nitrogen and oxygen atoms in total. The number of amides is 1. The molecule has 4 heteroatoms. The molecule has 1 amide bonds. The Balaban J connectivity index is 1.75. The number of hydrogen-bond acceptors (Lipinski definition) is 2. The molecular formula is C25H25N3O. The van der Waals surface area contributed by atoms with Gasteiger partial charge in [-0.3, -0.25) is 4.79 Å². The maximum absolute atomic E-state index is 12.8. The van der Waals surface area contributed by atoms with Crippen LogP contribution < -0.4 is 5.32 Å². The second-order valence-electron chi connectivity index (χ2n) is 7.68. The predicted octanol–water partition coefficient (Wildman–Crippen LogP) is 5.42. The van der Waals surface area contributed by atoms with Gasteiger partial charge in [0.2, 0.25) is 5.91 Å². The number of nitrogens with zero attached hydrogens (tertiary/aromatic N) is 2. The van der Waals surface area contributed by atoms with Gasteiger partial charge in [-0.15, -0.1) is 0 Å². The van der Waals surface area contributed by atoms with E-state index in [0.717, 1.165) is 39.4 Å². The molecule has 0 spiro atoms. The van der Waals surface area contributed by atoms with E-state index in [2.05, 4.69) is 37.4 Å². The van der Waals surface area contributed by atoms with Crippen molar-refractivity contribution in [1.29, 1.82) is 0 Å². The van der Waals surface area contributed by atoms with E-state index in [1.807, 2.05) is 60.8 Å². The van der Waals surface area contributed by atoms with Crippen molar-refractivity contribution >= 4 is 17.2 Å². The monoisotopic (exact) mass is 383 g/mol. The molecule has 0 radical (unpaired) electrons. The summed E-state index contributed by atoms with van der Waals surface area (Å²) in [6.07, 6.45) is 2.23. The number of anilines is 1. The molecule has 2 aromatic carbocycles. The van der Waals surface area contributed by atoms with Crippen LogP contribution in [0.2, 0.25) is 0 Å². The first-order valence-corrected chi connectivity index (χ1v) is 9.83. The molecule has 0 aliphatic heterocycles. The van der Waals surface area contributed by atoms with E-state index >= 15 is 0 Å². The SMILES string of the molecule is Cc1ccc(NC(=O)Cc2c(-c3ccc(C)c(C)c3)nc3c(C)cccn23)cc1. The third-order valence-electron chi connectivity index (χ3n) is 5.39. The Morgan fingerprint density at radius 3 is 2.41 bits per heavy atom. The van der Waals surface area contributed by atoms with Crippen LogP contribution in [0.3, 0.4) is 0 Å². The van der Waals surface area contributed by atoms with Crippen LogP contribution in [0.4, 0.5) is 5.69 Å². The zero-order chi connectivity index (χ0) is 20.5. The van der Waals surface area contributed by atoms with E-state index in [4.69, 9.17) is 4.98 Å². The quantitative estimate of drug-likeness (QED) is 0.512. The Bertz CT molecular complexity index is 1200. The number of carbonyl (C=O) groups is 1. The van der Waals surface area contributed by atoms with Crippen LogP contribution in [0.1, 0.15) is 27.9 Å². The number of pyridine rings is 1. The van der Waals surface area contributed by atoms with E-state index in [9.17, 15) is 4.79 Å². The Morgan fingerprint density at radius 2 is 1.69 bits per heavy atom. The molecule has 0 saturated heterocycles. The lowest BCUT2D eigenvalue weighted by Gasteiger charge is -2.09. The molecule has 2 heterocycles. The molecule has 0 aliphatic rings. The van der Waals surface area contributed by atoms with Gasteiger partial charge in [0.05, 0.1) is 17.8 Å². The fourth-order valence-electron chi connectivity index (χ4n) is 3.54. The maximum atomic E-state index is 12.8. The summed E-state index contributed by atoms with van der Waals surface area (Å²) in [7, 11) is 0. The third-order valence-corrected chi connectivity index (χ3v) is 5.39. The second-order valence-corrected chi connectivity index (χ2v) is 7.68.